The molecular weight excluding hydrogens is 545 g/mol. The molecule has 0 radical (unpaired) electrons. The Kier molecular flexibility index (Phi) is 4.97. The van der Waals surface area contributed by atoms with Crippen LogP contribution in [0, 0.1) is 20.4 Å². The van der Waals surface area contributed by atoms with Gasteiger partial charge in [-0.1, -0.05) is 59.7 Å². The summed E-state index contributed by atoms with van der Waals surface area (Å²) in [5, 5.41) is 6.95. The Morgan fingerprint density at radius 1 is 0.581 bits per heavy atom. The van der Waals surface area contributed by atoms with E-state index < -0.39 is 0 Å². The molecule has 0 aliphatic rings. The van der Waals surface area contributed by atoms with Crippen LogP contribution < -0.4 is 0 Å². The maximum Gasteiger partial charge on any atom is 0.230 e. The lowest BCUT2D eigenvalue weighted by Crippen LogP contribution is -1.94. The topological polar surface area (TPSA) is 22.4 Å². The molecule has 4 heteroatoms. The van der Waals surface area contributed by atoms with Crippen LogP contribution in [0.4, 0.5) is 5.69 Å². The molecule has 3 heterocycles. The molecule has 202 valence electrons. The Morgan fingerprint density at radius 3 is 2.05 bits per heavy atom. The first-order chi connectivity index (χ1) is 21.1. The molecule has 0 unspecified atom stereocenters. The van der Waals surface area contributed by atoms with Crippen LogP contribution >= 0.6 is 11.3 Å². The zero-order valence-electron chi connectivity index (χ0n) is 23.6. The highest BCUT2D eigenvalue weighted by Gasteiger charge is 2.20. The Balaban J connectivity index is 1.32. The smallest absolute Gasteiger partial charge is 0.230 e. The summed E-state index contributed by atoms with van der Waals surface area (Å²) in [6.07, 6.45) is 0. The Labute approximate surface area is 251 Å². The highest BCUT2D eigenvalue weighted by molar-refractivity contribution is 7.25. The Bertz CT molecular complexity index is 2600. The minimum atomic E-state index is 0.526. The third-order valence-corrected chi connectivity index (χ3v) is 9.86. The average Bonchev–Trinajstić information content (AvgIpc) is 3.69. The zero-order valence-corrected chi connectivity index (χ0v) is 24.4. The Hall–Kier alpha value is -5.37. The van der Waals surface area contributed by atoms with E-state index in [1.807, 2.05) is 17.4 Å². The molecule has 3 nitrogen and oxygen atoms in total. The van der Waals surface area contributed by atoms with Crippen molar-refractivity contribution in [3.8, 4) is 16.8 Å². The second-order valence-electron chi connectivity index (χ2n) is 11.4. The molecule has 9 aromatic rings. The molecule has 9 rings (SSSR count). The molecular formula is C39H24N2OS. The minimum absolute atomic E-state index is 0.526. The molecule has 0 aliphatic heterocycles. The second kappa shape index (κ2) is 8.82. The number of rotatable bonds is 2. The number of hydrogen-bond donors (Lipinski definition) is 0. The van der Waals surface area contributed by atoms with Gasteiger partial charge in [0.1, 0.15) is 5.58 Å². The second-order valence-corrected chi connectivity index (χ2v) is 12.5. The van der Waals surface area contributed by atoms with Crippen LogP contribution in [0.2, 0.25) is 0 Å². The van der Waals surface area contributed by atoms with Crippen molar-refractivity contribution in [2.75, 3.05) is 0 Å². The number of hydrogen-bond acceptors (Lipinski definition) is 2. The molecule has 0 saturated heterocycles. The van der Waals surface area contributed by atoms with Gasteiger partial charge in [-0.3, -0.25) is 0 Å². The van der Waals surface area contributed by atoms with Crippen molar-refractivity contribution in [2.24, 2.45) is 0 Å². The predicted octanol–water partition coefficient (Wildman–Crippen LogP) is 11.9. The van der Waals surface area contributed by atoms with Gasteiger partial charge in [0.05, 0.1) is 23.3 Å². The number of aryl methyl sites for hydroxylation is 2. The fourth-order valence-corrected chi connectivity index (χ4v) is 7.80. The summed E-state index contributed by atoms with van der Waals surface area (Å²) in [6.45, 7) is 12.4. The fourth-order valence-electron chi connectivity index (χ4n) is 6.71. The van der Waals surface area contributed by atoms with Crippen molar-refractivity contribution >= 4 is 80.9 Å². The molecule has 0 saturated carbocycles. The number of para-hydroxylation sites is 1. The zero-order chi connectivity index (χ0) is 28.8. The first-order valence-corrected chi connectivity index (χ1v) is 15.2. The standard InChI is InChI=1S/C39H24N2OS/c1-22-11-14-33-28(17-22)29-18-23(2)12-15-34(29)41(33)35-9-6-8-27-31-20-25(21-32(40-3)38(31)42-39(27)35)24-13-16-37-30(19-24)26-7-4-5-10-36(26)43-37/h4-21H,1-2H3. The molecule has 0 bridgehead atoms. The van der Waals surface area contributed by atoms with E-state index in [9.17, 15) is 0 Å². The lowest BCUT2D eigenvalue weighted by Gasteiger charge is -2.09. The van der Waals surface area contributed by atoms with Gasteiger partial charge in [-0.2, -0.15) is 0 Å². The van der Waals surface area contributed by atoms with E-state index in [-0.39, 0.29) is 0 Å². The average molecular weight is 569 g/mol. The van der Waals surface area contributed by atoms with Crippen molar-refractivity contribution in [1.82, 2.24) is 4.57 Å². The van der Waals surface area contributed by atoms with Gasteiger partial charge >= 0.3 is 0 Å². The van der Waals surface area contributed by atoms with Crippen LogP contribution in [-0.4, -0.2) is 4.57 Å². The number of thiophene rings is 1. The van der Waals surface area contributed by atoms with Crippen LogP contribution in [0.5, 0.6) is 0 Å². The lowest BCUT2D eigenvalue weighted by molar-refractivity contribution is 0.668. The SMILES string of the molecule is [C-]#[N+]c1cc(-c2ccc3sc4ccccc4c3c2)cc2c1oc1c(-n3c4ccc(C)cc4c4cc(C)ccc43)cccc12. The molecule has 3 aromatic heterocycles. The van der Waals surface area contributed by atoms with Crippen molar-refractivity contribution in [3.05, 3.63) is 132 Å². The Morgan fingerprint density at radius 2 is 1.28 bits per heavy atom. The van der Waals surface area contributed by atoms with Crippen LogP contribution in [0.1, 0.15) is 11.1 Å². The van der Waals surface area contributed by atoms with E-state index in [0.717, 1.165) is 44.2 Å². The van der Waals surface area contributed by atoms with E-state index in [1.54, 1.807) is 0 Å². The highest BCUT2D eigenvalue weighted by Crippen LogP contribution is 2.44. The third-order valence-electron chi connectivity index (χ3n) is 8.71. The van der Waals surface area contributed by atoms with Gasteiger partial charge in [-0.05, 0) is 85.6 Å². The van der Waals surface area contributed by atoms with Gasteiger partial charge in [0.2, 0.25) is 5.69 Å². The van der Waals surface area contributed by atoms with Gasteiger partial charge in [0, 0.05) is 41.7 Å². The van der Waals surface area contributed by atoms with E-state index >= 15 is 0 Å². The summed E-state index contributed by atoms with van der Waals surface area (Å²) in [6, 6.07) is 39.0. The van der Waals surface area contributed by atoms with Crippen LogP contribution in [0.15, 0.2) is 114 Å². The molecule has 0 aliphatic carbocycles. The molecule has 43 heavy (non-hydrogen) atoms. The van der Waals surface area contributed by atoms with Gasteiger partial charge in [0.25, 0.3) is 0 Å². The summed E-state index contributed by atoms with van der Waals surface area (Å²) in [4.78, 5) is 3.95. The van der Waals surface area contributed by atoms with E-state index in [0.29, 0.717) is 11.3 Å². The van der Waals surface area contributed by atoms with E-state index in [1.165, 1.54) is 42.1 Å². The first-order valence-electron chi connectivity index (χ1n) is 14.4. The number of furan rings is 1. The van der Waals surface area contributed by atoms with Gasteiger partial charge in [-0.15, -0.1) is 11.3 Å². The largest absolute Gasteiger partial charge is 0.465 e. The number of nitrogens with zero attached hydrogens (tertiary/aromatic N) is 2. The maximum atomic E-state index is 8.08. The van der Waals surface area contributed by atoms with Crippen molar-refractivity contribution in [3.63, 3.8) is 0 Å². The molecule has 0 amide bonds. The highest BCUT2D eigenvalue weighted by atomic mass is 32.1. The van der Waals surface area contributed by atoms with Crippen LogP contribution in [0.25, 0.3) is 85.6 Å². The number of benzene rings is 6. The third kappa shape index (κ3) is 3.46. The van der Waals surface area contributed by atoms with Crippen LogP contribution in [0.3, 0.4) is 0 Å². The van der Waals surface area contributed by atoms with Crippen molar-refractivity contribution < 1.29 is 4.42 Å². The van der Waals surface area contributed by atoms with Gasteiger partial charge in [0.15, 0.2) is 5.58 Å². The van der Waals surface area contributed by atoms with E-state index in [4.69, 9.17) is 11.0 Å². The molecule has 0 N–H and O–H groups in total. The fraction of sp³-hybridized carbons (Fsp3) is 0.0513. The predicted molar refractivity (Wildman–Crippen MR) is 182 cm³/mol. The van der Waals surface area contributed by atoms with Crippen molar-refractivity contribution in [1.29, 1.82) is 0 Å². The van der Waals surface area contributed by atoms with E-state index in [2.05, 4.69) is 126 Å². The first kappa shape index (κ1) is 24.2. The lowest BCUT2D eigenvalue weighted by atomic mass is 9.99. The number of fused-ring (bicyclic) bond motifs is 9. The minimum Gasteiger partial charge on any atom is -0.465 e. The number of aromatic nitrogens is 1. The van der Waals surface area contributed by atoms with Gasteiger partial charge < -0.3 is 8.98 Å². The normalized spacial score (nSPS) is 11.9. The molecule has 0 spiro atoms. The molecule has 0 atom stereocenters. The van der Waals surface area contributed by atoms with Crippen molar-refractivity contribution in [2.45, 2.75) is 13.8 Å². The monoisotopic (exact) mass is 568 g/mol. The summed E-state index contributed by atoms with van der Waals surface area (Å²) >= 11 is 1.82. The summed E-state index contributed by atoms with van der Waals surface area (Å²) < 4.78 is 11.5. The summed E-state index contributed by atoms with van der Waals surface area (Å²) in [5.41, 5.74) is 9.80. The maximum absolute atomic E-state index is 8.08. The van der Waals surface area contributed by atoms with Gasteiger partial charge in [-0.25, -0.2) is 4.85 Å². The summed E-state index contributed by atoms with van der Waals surface area (Å²) in [5.74, 6) is 0. The molecule has 0 fully saturated rings. The van der Waals surface area contributed by atoms with Crippen LogP contribution in [-0.2, 0) is 0 Å². The summed E-state index contributed by atoms with van der Waals surface area (Å²) in [7, 11) is 0. The quantitative estimate of drug-likeness (QED) is 0.190. The molecule has 6 aromatic carbocycles.